The fraction of sp³-hybridized carbons (Fsp3) is 0.778. The zero-order chi connectivity index (χ0) is 16.2. The number of epoxide rings is 1. The first-order chi connectivity index (χ1) is 10.8. The van der Waals surface area contributed by atoms with E-state index in [0.29, 0.717) is 28.5 Å². The molecule has 1 N–H and O–H groups in total. The molecule has 124 valence electrons. The van der Waals surface area contributed by atoms with Crippen molar-refractivity contribution in [3.8, 4) is 0 Å². The van der Waals surface area contributed by atoms with E-state index < -0.39 is 17.3 Å². The van der Waals surface area contributed by atoms with E-state index in [1.165, 1.54) is 0 Å². The Morgan fingerprint density at radius 2 is 2.00 bits per heavy atom. The van der Waals surface area contributed by atoms with Gasteiger partial charge in [-0.3, -0.25) is 9.59 Å². The molecule has 0 radical (unpaired) electrons. The second-order valence-electron chi connectivity index (χ2n) is 8.40. The molecular weight excluding hydrogens is 360 g/mol. The summed E-state index contributed by atoms with van der Waals surface area (Å²) in [4.78, 5) is 24.6. The third-order valence-electron chi connectivity index (χ3n) is 7.75. The minimum Gasteiger partial charge on any atom is -0.382 e. The molecule has 0 amide bonds. The minimum absolute atomic E-state index is 0.0372. The number of carbonyl (C=O) groups is 2. The van der Waals surface area contributed by atoms with Crippen LogP contribution in [0, 0.1) is 23.2 Å². The molecule has 0 aromatic rings. The Balaban J connectivity index is 1.58. The van der Waals surface area contributed by atoms with Crippen molar-refractivity contribution in [3.05, 3.63) is 10.6 Å². The Morgan fingerprint density at radius 3 is 2.78 bits per heavy atom. The van der Waals surface area contributed by atoms with Crippen molar-refractivity contribution in [2.75, 3.05) is 0 Å². The van der Waals surface area contributed by atoms with Gasteiger partial charge in [0.15, 0.2) is 6.10 Å². The number of halogens is 1. The molecule has 7 atom stereocenters. The summed E-state index contributed by atoms with van der Waals surface area (Å²) in [6, 6.07) is 0. The van der Waals surface area contributed by atoms with Gasteiger partial charge >= 0.3 is 0 Å². The third kappa shape index (κ3) is 1.51. The number of Topliss-reactive ketones (excluding diaryl/α,β-unsaturated/α-hetero) is 2. The number of ether oxygens (including phenoxy) is 1. The van der Waals surface area contributed by atoms with Crippen LogP contribution in [0.25, 0.3) is 0 Å². The molecule has 0 aromatic carbocycles. The van der Waals surface area contributed by atoms with Crippen LogP contribution in [0.2, 0.25) is 0 Å². The molecule has 1 spiro atoms. The van der Waals surface area contributed by atoms with Crippen LogP contribution in [0.15, 0.2) is 10.6 Å². The van der Waals surface area contributed by atoms with E-state index in [-0.39, 0.29) is 17.1 Å². The molecule has 5 heteroatoms. The van der Waals surface area contributed by atoms with Gasteiger partial charge in [0, 0.05) is 11.8 Å². The molecule has 0 unspecified atom stereocenters. The Kier molecular flexibility index (Phi) is 2.68. The van der Waals surface area contributed by atoms with Gasteiger partial charge in [-0.2, -0.15) is 0 Å². The fourth-order valence-electron chi connectivity index (χ4n) is 6.46. The molecule has 4 fully saturated rings. The van der Waals surface area contributed by atoms with Gasteiger partial charge < -0.3 is 9.84 Å². The molecule has 5 aliphatic rings. The summed E-state index contributed by atoms with van der Waals surface area (Å²) in [5, 5.41) is 11.6. The molecule has 0 aromatic heterocycles. The molecule has 4 aliphatic carbocycles. The molecule has 4 nitrogen and oxygen atoms in total. The van der Waals surface area contributed by atoms with Crippen LogP contribution in [-0.4, -0.2) is 34.0 Å². The first-order valence-corrected chi connectivity index (χ1v) is 9.49. The lowest BCUT2D eigenvalue weighted by Gasteiger charge is -2.55. The predicted molar refractivity (Wildman–Crippen MR) is 85.9 cm³/mol. The van der Waals surface area contributed by atoms with Crippen LogP contribution < -0.4 is 0 Å². The number of hydrogen-bond acceptors (Lipinski definition) is 4. The number of rotatable bonds is 0. The Bertz CT molecular complexity index is 672. The topological polar surface area (TPSA) is 66.9 Å². The van der Waals surface area contributed by atoms with Crippen molar-refractivity contribution in [2.24, 2.45) is 23.2 Å². The average Bonchev–Trinajstić information content (AvgIpc) is 3.17. The highest BCUT2D eigenvalue weighted by Gasteiger charge is 2.78. The SMILES string of the molecule is C[C@]12CC[C@H]3[C@@H](CC[C@]45O[C@H]4C(=O)C(Br)=C[C@]35O)[C@@H]1CCC2=O. The van der Waals surface area contributed by atoms with E-state index in [0.717, 1.165) is 32.1 Å². The number of ketones is 2. The molecular formula is C18H21BrO4. The lowest BCUT2D eigenvalue weighted by Crippen LogP contribution is -2.62. The van der Waals surface area contributed by atoms with Gasteiger partial charge in [0.05, 0.1) is 4.48 Å². The maximum absolute atomic E-state index is 12.4. The Morgan fingerprint density at radius 1 is 1.22 bits per heavy atom. The second kappa shape index (κ2) is 4.17. The smallest absolute Gasteiger partial charge is 0.201 e. The van der Waals surface area contributed by atoms with E-state index in [1.54, 1.807) is 6.08 Å². The van der Waals surface area contributed by atoms with Crippen molar-refractivity contribution < 1.29 is 19.4 Å². The van der Waals surface area contributed by atoms with Gasteiger partial charge in [0.25, 0.3) is 0 Å². The predicted octanol–water partition coefficient (Wildman–Crippen LogP) is 2.52. The number of hydrogen-bond donors (Lipinski definition) is 1. The van der Waals surface area contributed by atoms with Crippen molar-refractivity contribution in [3.63, 3.8) is 0 Å². The molecule has 1 heterocycles. The minimum atomic E-state index is -1.07. The summed E-state index contributed by atoms with van der Waals surface area (Å²) in [6.07, 6.45) is 6.23. The van der Waals surface area contributed by atoms with Crippen molar-refractivity contribution >= 4 is 27.5 Å². The van der Waals surface area contributed by atoms with Crippen LogP contribution in [-0.2, 0) is 14.3 Å². The maximum atomic E-state index is 12.4. The van der Waals surface area contributed by atoms with Crippen LogP contribution >= 0.6 is 15.9 Å². The average molecular weight is 381 g/mol. The van der Waals surface area contributed by atoms with Gasteiger partial charge in [0.1, 0.15) is 17.0 Å². The summed E-state index contributed by atoms with van der Waals surface area (Å²) < 4.78 is 6.27. The standard InChI is InChI=1S/C18H21BrO4/c1-16-6-5-11-9(10(16)2-3-13(16)20)4-7-18-15(23-18)14(21)12(19)8-17(11,18)22/h8-11,15,22H,2-7H2,1H3/t9-,10-,11-,15-,16-,17-,18-/m0/s1. The Labute approximate surface area is 143 Å². The van der Waals surface area contributed by atoms with E-state index in [1.807, 2.05) is 0 Å². The summed E-state index contributed by atoms with van der Waals surface area (Å²) in [7, 11) is 0. The lowest BCUT2D eigenvalue weighted by atomic mass is 9.49. The van der Waals surface area contributed by atoms with Crippen molar-refractivity contribution in [1.82, 2.24) is 0 Å². The highest BCUT2D eigenvalue weighted by Crippen LogP contribution is 2.67. The summed E-state index contributed by atoms with van der Waals surface area (Å²) in [5.74, 6) is 1.18. The van der Waals surface area contributed by atoms with E-state index in [4.69, 9.17) is 4.74 Å². The second-order valence-corrected chi connectivity index (χ2v) is 9.26. The molecule has 0 bridgehead atoms. The lowest BCUT2D eigenvalue weighted by molar-refractivity contribution is -0.150. The van der Waals surface area contributed by atoms with Gasteiger partial charge in [-0.15, -0.1) is 0 Å². The highest BCUT2D eigenvalue weighted by molar-refractivity contribution is 9.12. The van der Waals surface area contributed by atoms with Crippen molar-refractivity contribution in [2.45, 2.75) is 62.8 Å². The van der Waals surface area contributed by atoms with E-state index in [9.17, 15) is 14.7 Å². The number of aliphatic hydroxyl groups is 1. The monoisotopic (exact) mass is 380 g/mol. The molecule has 1 saturated heterocycles. The van der Waals surface area contributed by atoms with Gasteiger partial charge in [-0.25, -0.2) is 0 Å². The Hall–Kier alpha value is -0.520. The third-order valence-corrected chi connectivity index (χ3v) is 8.37. The van der Waals surface area contributed by atoms with Crippen LogP contribution in [0.4, 0.5) is 0 Å². The normalized spacial score (nSPS) is 57.1. The van der Waals surface area contributed by atoms with Crippen LogP contribution in [0.1, 0.15) is 45.4 Å². The largest absolute Gasteiger partial charge is 0.382 e. The molecule has 5 rings (SSSR count). The van der Waals surface area contributed by atoms with Gasteiger partial charge in [0.2, 0.25) is 5.78 Å². The number of fused-ring (bicyclic) bond motifs is 4. The fourth-order valence-corrected chi connectivity index (χ4v) is 7.01. The molecule has 1 aliphatic heterocycles. The van der Waals surface area contributed by atoms with Crippen LogP contribution in [0.5, 0.6) is 0 Å². The van der Waals surface area contributed by atoms with Crippen LogP contribution in [0.3, 0.4) is 0 Å². The van der Waals surface area contributed by atoms with E-state index in [2.05, 4.69) is 22.9 Å². The highest BCUT2D eigenvalue weighted by atomic mass is 79.9. The van der Waals surface area contributed by atoms with Crippen molar-refractivity contribution in [1.29, 1.82) is 0 Å². The summed E-state index contributed by atoms with van der Waals surface area (Å²) in [6.45, 7) is 2.13. The molecule has 3 saturated carbocycles. The van der Waals surface area contributed by atoms with E-state index >= 15 is 0 Å². The maximum Gasteiger partial charge on any atom is 0.201 e. The summed E-state index contributed by atoms with van der Waals surface area (Å²) >= 11 is 3.33. The zero-order valence-corrected chi connectivity index (χ0v) is 14.8. The van der Waals surface area contributed by atoms with Gasteiger partial charge in [-0.1, -0.05) is 6.92 Å². The first kappa shape index (κ1) is 14.8. The number of carbonyl (C=O) groups excluding carboxylic acids is 2. The quantitative estimate of drug-likeness (QED) is 0.655. The molecule has 23 heavy (non-hydrogen) atoms. The zero-order valence-electron chi connectivity index (χ0n) is 13.2. The summed E-state index contributed by atoms with van der Waals surface area (Å²) in [5.41, 5.74) is -1.96. The first-order valence-electron chi connectivity index (χ1n) is 8.69. The van der Waals surface area contributed by atoms with Gasteiger partial charge in [-0.05, 0) is 71.9 Å².